The lowest BCUT2D eigenvalue weighted by Gasteiger charge is -2.10. The Hall–Kier alpha value is -2.53. The molecule has 0 aromatic heterocycles. The summed E-state index contributed by atoms with van der Waals surface area (Å²) in [5, 5.41) is 14.2. The van der Waals surface area contributed by atoms with Crippen molar-refractivity contribution in [2.75, 3.05) is 10.6 Å². The van der Waals surface area contributed by atoms with Crippen molar-refractivity contribution in [1.29, 1.82) is 0 Å². The summed E-state index contributed by atoms with van der Waals surface area (Å²) in [6.07, 6.45) is 0. The first-order valence-electron chi connectivity index (χ1n) is 6.14. The van der Waals surface area contributed by atoms with Crippen LogP contribution < -0.4 is 10.6 Å². The summed E-state index contributed by atoms with van der Waals surface area (Å²) in [6.45, 7) is 1.88. The summed E-state index contributed by atoms with van der Waals surface area (Å²) >= 11 is 5.84. The van der Waals surface area contributed by atoms with Crippen LogP contribution in [0.15, 0.2) is 42.5 Å². The zero-order valence-corrected chi connectivity index (χ0v) is 11.9. The fraction of sp³-hybridized carbons (Fsp3) is 0.0667. The molecule has 0 aliphatic rings. The maximum atomic E-state index is 11.9. The lowest BCUT2D eigenvalue weighted by molar-refractivity contribution is 0.0697. The van der Waals surface area contributed by atoms with Gasteiger partial charge in [0.25, 0.3) is 0 Å². The van der Waals surface area contributed by atoms with E-state index in [0.717, 1.165) is 5.56 Å². The number of urea groups is 1. The Morgan fingerprint density at radius 3 is 2.43 bits per heavy atom. The van der Waals surface area contributed by atoms with Crippen molar-refractivity contribution in [3.63, 3.8) is 0 Å². The van der Waals surface area contributed by atoms with Crippen LogP contribution in [0.3, 0.4) is 0 Å². The quantitative estimate of drug-likeness (QED) is 0.802. The number of nitrogens with one attached hydrogen (secondary N) is 2. The van der Waals surface area contributed by atoms with Crippen LogP contribution in [-0.2, 0) is 0 Å². The molecule has 2 rings (SSSR count). The van der Waals surface area contributed by atoms with Crippen LogP contribution >= 0.6 is 11.6 Å². The zero-order chi connectivity index (χ0) is 15.4. The molecule has 0 radical (unpaired) electrons. The standard InChI is InChI=1S/C15H13ClN2O3/c1-9-4-2-3-5-13(9)18-15(21)17-10-6-7-11(14(19)20)12(16)8-10/h2-8H,1H3,(H,19,20)(H2,17,18,21). The van der Waals surface area contributed by atoms with Gasteiger partial charge in [-0.15, -0.1) is 0 Å². The number of rotatable bonds is 3. The van der Waals surface area contributed by atoms with Gasteiger partial charge in [-0.2, -0.15) is 0 Å². The summed E-state index contributed by atoms with van der Waals surface area (Å²) in [5.41, 5.74) is 2.03. The molecule has 0 atom stereocenters. The van der Waals surface area contributed by atoms with E-state index in [9.17, 15) is 9.59 Å². The van der Waals surface area contributed by atoms with E-state index in [0.29, 0.717) is 11.4 Å². The van der Waals surface area contributed by atoms with Gasteiger partial charge in [0.1, 0.15) is 0 Å². The van der Waals surface area contributed by atoms with Crippen LogP contribution in [-0.4, -0.2) is 17.1 Å². The van der Waals surface area contributed by atoms with Gasteiger partial charge in [0.05, 0.1) is 10.6 Å². The Labute approximate surface area is 126 Å². The lowest BCUT2D eigenvalue weighted by Crippen LogP contribution is -2.20. The summed E-state index contributed by atoms with van der Waals surface area (Å²) in [6, 6.07) is 11.2. The fourth-order valence-electron chi connectivity index (χ4n) is 1.76. The molecule has 0 heterocycles. The van der Waals surface area contributed by atoms with Gasteiger partial charge < -0.3 is 15.7 Å². The maximum absolute atomic E-state index is 11.9. The zero-order valence-electron chi connectivity index (χ0n) is 11.2. The molecule has 2 aromatic carbocycles. The first-order valence-corrected chi connectivity index (χ1v) is 6.51. The third-order valence-corrected chi connectivity index (χ3v) is 3.16. The summed E-state index contributed by atoms with van der Waals surface area (Å²) in [7, 11) is 0. The van der Waals surface area contributed by atoms with Crippen LogP contribution in [0.25, 0.3) is 0 Å². The Morgan fingerprint density at radius 2 is 1.81 bits per heavy atom. The second-order valence-electron chi connectivity index (χ2n) is 4.39. The number of hydrogen-bond acceptors (Lipinski definition) is 2. The minimum atomic E-state index is -1.11. The number of amides is 2. The topological polar surface area (TPSA) is 78.4 Å². The highest BCUT2D eigenvalue weighted by atomic mass is 35.5. The van der Waals surface area contributed by atoms with Crippen molar-refractivity contribution in [2.24, 2.45) is 0 Å². The molecule has 6 heteroatoms. The van der Waals surface area contributed by atoms with Gasteiger partial charge in [-0.05, 0) is 36.8 Å². The van der Waals surface area contributed by atoms with Crippen LogP contribution in [0, 0.1) is 6.92 Å². The van der Waals surface area contributed by atoms with E-state index in [1.165, 1.54) is 18.2 Å². The van der Waals surface area contributed by atoms with Crippen LogP contribution in [0.2, 0.25) is 5.02 Å². The Bertz CT molecular complexity index is 701. The molecule has 0 aliphatic carbocycles. The number of benzene rings is 2. The summed E-state index contributed by atoms with van der Waals surface area (Å²) < 4.78 is 0. The van der Waals surface area contributed by atoms with E-state index in [4.69, 9.17) is 16.7 Å². The van der Waals surface area contributed by atoms with Gasteiger partial charge in [0.2, 0.25) is 0 Å². The molecule has 0 fully saturated rings. The van der Waals surface area contributed by atoms with Gasteiger partial charge in [-0.25, -0.2) is 9.59 Å². The summed E-state index contributed by atoms with van der Waals surface area (Å²) in [5.74, 6) is -1.11. The molecule has 0 aliphatic heterocycles. The number of anilines is 2. The predicted octanol–water partition coefficient (Wildman–Crippen LogP) is 3.99. The maximum Gasteiger partial charge on any atom is 0.337 e. The molecular weight excluding hydrogens is 292 g/mol. The largest absolute Gasteiger partial charge is 0.478 e. The van der Waals surface area contributed by atoms with Gasteiger partial charge in [-0.3, -0.25) is 0 Å². The van der Waals surface area contributed by atoms with Crippen molar-refractivity contribution < 1.29 is 14.7 Å². The van der Waals surface area contributed by atoms with E-state index < -0.39 is 12.0 Å². The van der Waals surface area contributed by atoms with E-state index in [1.54, 1.807) is 6.07 Å². The molecule has 0 bridgehead atoms. The number of carboxylic acids is 1. The number of hydrogen-bond donors (Lipinski definition) is 3. The molecule has 2 amide bonds. The lowest BCUT2D eigenvalue weighted by atomic mass is 10.2. The average molecular weight is 305 g/mol. The molecule has 0 saturated carbocycles. The van der Waals surface area contributed by atoms with E-state index in [-0.39, 0.29) is 10.6 Å². The molecule has 2 aromatic rings. The van der Waals surface area contributed by atoms with Gasteiger partial charge in [0, 0.05) is 11.4 Å². The first-order chi connectivity index (χ1) is 9.97. The molecule has 21 heavy (non-hydrogen) atoms. The SMILES string of the molecule is Cc1ccccc1NC(=O)Nc1ccc(C(=O)O)c(Cl)c1. The molecule has 0 spiro atoms. The van der Waals surface area contributed by atoms with Crippen molar-refractivity contribution in [3.05, 3.63) is 58.6 Å². The van der Waals surface area contributed by atoms with Crippen molar-refractivity contribution in [1.82, 2.24) is 0 Å². The molecule has 3 N–H and O–H groups in total. The highest BCUT2D eigenvalue weighted by Crippen LogP contribution is 2.21. The third-order valence-electron chi connectivity index (χ3n) is 2.85. The number of carbonyl (C=O) groups excluding carboxylic acids is 1. The number of aryl methyl sites for hydroxylation is 1. The fourth-order valence-corrected chi connectivity index (χ4v) is 2.03. The molecule has 0 saturated heterocycles. The van der Waals surface area contributed by atoms with E-state index >= 15 is 0 Å². The Morgan fingerprint density at radius 1 is 1.10 bits per heavy atom. The Kier molecular flexibility index (Phi) is 4.45. The van der Waals surface area contributed by atoms with Crippen molar-refractivity contribution in [2.45, 2.75) is 6.92 Å². The van der Waals surface area contributed by atoms with Gasteiger partial charge >= 0.3 is 12.0 Å². The van der Waals surface area contributed by atoms with Gasteiger partial charge in [0.15, 0.2) is 0 Å². The number of halogens is 1. The van der Waals surface area contributed by atoms with Crippen LogP contribution in [0.4, 0.5) is 16.2 Å². The molecule has 0 unspecified atom stereocenters. The second-order valence-corrected chi connectivity index (χ2v) is 4.80. The van der Waals surface area contributed by atoms with Gasteiger partial charge in [-0.1, -0.05) is 29.8 Å². The highest BCUT2D eigenvalue weighted by Gasteiger charge is 2.10. The second kappa shape index (κ2) is 6.28. The molecular formula is C15H13ClN2O3. The van der Waals surface area contributed by atoms with E-state index in [1.807, 2.05) is 25.1 Å². The van der Waals surface area contributed by atoms with Crippen LogP contribution in [0.5, 0.6) is 0 Å². The summed E-state index contributed by atoms with van der Waals surface area (Å²) in [4.78, 5) is 22.7. The number of carbonyl (C=O) groups is 2. The smallest absolute Gasteiger partial charge is 0.337 e. The Balaban J connectivity index is 2.08. The van der Waals surface area contributed by atoms with Crippen LogP contribution in [0.1, 0.15) is 15.9 Å². The molecule has 108 valence electrons. The number of para-hydroxylation sites is 1. The predicted molar refractivity (Wildman–Crippen MR) is 82.2 cm³/mol. The monoisotopic (exact) mass is 304 g/mol. The number of aromatic carboxylic acids is 1. The average Bonchev–Trinajstić information content (AvgIpc) is 2.41. The first kappa shape index (κ1) is 14.9. The minimum Gasteiger partial charge on any atom is -0.478 e. The molecule has 5 nitrogen and oxygen atoms in total. The number of carboxylic acid groups (broad SMARTS) is 1. The van der Waals surface area contributed by atoms with Crippen molar-refractivity contribution >= 4 is 35.0 Å². The third kappa shape index (κ3) is 3.73. The highest BCUT2D eigenvalue weighted by molar-refractivity contribution is 6.33. The van der Waals surface area contributed by atoms with E-state index in [2.05, 4.69) is 10.6 Å². The van der Waals surface area contributed by atoms with Crippen molar-refractivity contribution in [3.8, 4) is 0 Å². The minimum absolute atomic E-state index is 0.0125. The normalized spacial score (nSPS) is 10.0.